The molecule has 110 heavy (non-hydrogen) atoms. The molecule has 5 unspecified atom stereocenters. The van der Waals surface area contributed by atoms with Gasteiger partial charge in [-0.3, -0.25) is 14.2 Å². The number of amidine groups is 1. The standard InChI is InChI=1S/C20H18FN7O2.C14H13ClFN3O.C12H14FN3O.C12H11FN2.C6H4FI.C6H6N4O.C6H8N2.ClH/c1-26-9-22-19-17(26)20(29)28(10-23-19)8-15-24-18(25-30-15)16-13-6-27(7-14(13)16)12-4-2-3-11(21)5-12;15-5-12-17-14(18-20-12)13-10-6-19(7-11(10)13)9-3-1-2-8(16)4-9;13-7-2-1-3-8(4-7)16-5-9-10(6-16)11(9)12(14)15-17;1-14-12-10-6-15(7-11(10)12)9-4-2-3-8(13)5-9;7-5-2-1-3-6(8)4-5;1-10-3-9-5-4(10)6(11)8-2-7-5;1-7-6-4-2-8-3-5(4)6;/h2-5,9-10,13-14,16H,6-8H2,1H3;1-4,10-11,13H,5-7H2;1-4,9-11,17H,5-6H2,(H2,14,15);2-5,10-12H,6-7H2;1-4H;2-3H,1H3,(H,7,8,11);4-6,8H,2-3H2;1H/t13-,14+,16?;10-,11+,13?;9-,10+,11?;10-,11+,12?;;;4-,5+,6?;/i10D;;;;;2D;;. The van der Waals surface area contributed by atoms with Crippen LogP contribution in [-0.4, -0.2) is 147 Å². The first-order valence-electron chi connectivity index (χ1n) is 36.5. The van der Waals surface area contributed by atoms with E-state index in [1.54, 1.807) is 77.8 Å². The Balaban J connectivity index is 0.000000114. The Labute approximate surface area is 654 Å². The minimum atomic E-state index is -0.372. The molecular formula is C76H75Cl2F5IN21O5. The molecule has 11 aromatic rings. The number of nitrogens with one attached hydrogen (secondary N) is 2. The zero-order chi connectivity index (χ0) is 77.6. The number of hydrogen-bond acceptors (Lipinski definition) is 19. The molecule has 5 aliphatic carbocycles. The summed E-state index contributed by atoms with van der Waals surface area (Å²) >= 11 is 7.73. The number of rotatable bonds is 10. The van der Waals surface area contributed by atoms with Crippen molar-refractivity contribution in [2.24, 2.45) is 90.1 Å². The molecule has 5 N–H and O–H groups in total. The maximum absolute atomic E-state index is 13.5. The minimum absolute atomic E-state index is 0. The van der Waals surface area contributed by atoms with Crippen LogP contribution in [0.4, 0.5) is 44.7 Å². The van der Waals surface area contributed by atoms with Crippen molar-refractivity contribution in [1.82, 2.24) is 64.2 Å². The number of nitrogens with two attached hydrogens (primary N) is 1. The molecule has 5 aliphatic heterocycles. The molecule has 26 nitrogen and oxygen atoms in total. The summed E-state index contributed by atoms with van der Waals surface area (Å²) in [4.78, 5) is 66.5. The van der Waals surface area contributed by atoms with Crippen LogP contribution >= 0.6 is 46.6 Å². The molecule has 34 heteroatoms. The van der Waals surface area contributed by atoms with Crippen molar-refractivity contribution in [3.63, 3.8) is 0 Å². The third kappa shape index (κ3) is 16.5. The topological polar surface area (TPSA) is 286 Å². The molecule has 5 saturated heterocycles. The molecule has 6 aromatic heterocycles. The molecular weight excluding hydrogens is 1580 g/mol. The van der Waals surface area contributed by atoms with Crippen molar-refractivity contribution >= 4 is 97.5 Å². The van der Waals surface area contributed by atoms with Crippen LogP contribution in [-0.2, 0) is 26.5 Å². The van der Waals surface area contributed by atoms with E-state index in [4.69, 9.17) is 47.5 Å². The van der Waals surface area contributed by atoms with E-state index in [9.17, 15) is 31.5 Å². The Morgan fingerprint density at radius 3 is 1.42 bits per heavy atom. The van der Waals surface area contributed by atoms with Crippen molar-refractivity contribution in [3.8, 4) is 0 Å². The van der Waals surface area contributed by atoms with E-state index >= 15 is 0 Å². The van der Waals surface area contributed by atoms with Crippen LogP contribution in [0.25, 0.3) is 32.0 Å². The maximum atomic E-state index is 13.5. The van der Waals surface area contributed by atoms with Gasteiger partial charge in [-0.1, -0.05) is 45.8 Å². The highest BCUT2D eigenvalue weighted by atomic mass is 127. The average Bonchev–Trinajstić information content (AvgIpc) is 1.61. The number of aromatic amines is 1. The molecule has 10 aliphatic rings. The zero-order valence-electron chi connectivity index (χ0n) is 61.1. The summed E-state index contributed by atoms with van der Waals surface area (Å²) in [5, 5.41) is 23.0. The van der Waals surface area contributed by atoms with Gasteiger partial charge in [0, 0.05) is 124 Å². The van der Waals surface area contributed by atoms with Crippen LogP contribution in [0.2, 0.25) is 0 Å². The quantitative estimate of drug-likeness (QED) is 0.0145. The van der Waals surface area contributed by atoms with Crippen molar-refractivity contribution in [2.45, 2.75) is 36.3 Å². The van der Waals surface area contributed by atoms with Gasteiger partial charge in [-0.05, 0) is 149 Å². The number of aromatic nitrogens is 12. The van der Waals surface area contributed by atoms with Gasteiger partial charge in [-0.25, -0.2) is 55.0 Å². The van der Waals surface area contributed by atoms with Gasteiger partial charge >= 0.3 is 0 Å². The first-order valence-corrected chi connectivity index (χ1v) is 37.1. The van der Waals surface area contributed by atoms with E-state index in [0.717, 1.165) is 109 Å². The number of nitrogens with zero attached hydrogens (tertiary/aromatic N) is 18. The number of fused-ring (bicyclic) bond motifs is 7. The number of imidazole rings is 2. The molecule has 5 aromatic carbocycles. The second kappa shape index (κ2) is 32.6. The number of anilines is 4. The SMILES string of the molecule is Cl.Fc1cccc(I)c1.Fc1cccc(N2C[C@@H]3C(c4noc(CCl)n4)[C@@H]3C2)c1.N/C(=N\O)C1[C@H]2CN(c3cccc(F)c3)C[C@@H]12.[2H]c1nc2ncn(C)c2c(=O)[nH]1.[2H]c1nc2ncn(C)c2c(=O)n1Cc1nc(C2[C@H]3CN(c4cccc(F)c4)C[C@@H]23)no1.[C-]#[N+]C1[C@H]2CN(c3cccc(F)c3)C[C@@H]12.[C-]#[N+]C1[C@H]2CNC[C@@H]12. The molecule has 0 radical (unpaired) electrons. The Hall–Kier alpha value is -10.6. The van der Waals surface area contributed by atoms with Gasteiger partial charge in [-0.15, -0.1) is 24.0 Å². The predicted molar refractivity (Wildman–Crippen MR) is 411 cm³/mol. The minimum Gasteiger partial charge on any atom is -0.409 e. The van der Waals surface area contributed by atoms with Gasteiger partial charge < -0.3 is 68.7 Å². The Morgan fingerprint density at radius 2 is 1.01 bits per heavy atom. The Morgan fingerprint density at radius 1 is 0.600 bits per heavy atom. The molecule has 10 fully saturated rings. The molecule has 0 spiro atoms. The lowest BCUT2D eigenvalue weighted by Crippen LogP contribution is -2.28. The second-order valence-corrected chi connectivity index (χ2v) is 30.2. The highest BCUT2D eigenvalue weighted by Gasteiger charge is 2.63. The van der Waals surface area contributed by atoms with E-state index in [-0.39, 0.29) is 107 Å². The van der Waals surface area contributed by atoms with Crippen molar-refractivity contribution in [3.05, 3.63) is 246 Å². The fourth-order valence-corrected chi connectivity index (χ4v) is 16.9. The number of H-pyrrole nitrogens is 1. The number of halogens is 8. The summed E-state index contributed by atoms with van der Waals surface area (Å²) in [5.74, 6) is 7.83. The summed E-state index contributed by atoms with van der Waals surface area (Å²) in [6.07, 6.45) is 2.62. The van der Waals surface area contributed by atoms with Crippen molar-refractivity contribution in [2.75, 3.05) is 85.0 Å². The van der Waals surface area contributed by atoms with Crippen LogP contribution < -0.4 is 41.8 Å². The molecule has 21 rings (SSSR count). The van der Waals surface area contributed by atoms with E-state index in [1.807, 2.05) is 30.3 Å². The second-order valence-electron chi connectivity index (χ2n) is 28.7. The van der Waals surface area contributed by atoms with Gasteiger partial charge in [0.05, 0.1) is 42.6 Å². The number of benzene rings is 5. The van der Waals surface area contributed by atoms with Crippen LogP contribution in [0.3, 0.4) is 0 Å². The lowest BCUT2D eigenvalue weighted by Gasteiger charge is -2.21. The normalized spacial score (nSPS) is 26.1. The number of hydrogen-bond donors (Lipinski definition) is 4. The highest BCUT2D eigenvalue weighted by Crippen LogP contribution is 2.59. The third-order valence-corrected chi connectivity index (χ3v) is 23.0. The van der Waals surface area contributed by atoms with E-state index < -0.39 is 0 Å². The third-order valence-electron chi connectivity index (χ3n) is 22.1. The summed E-state index contributed by atoms with van der Waals surface area (Å²) in [6.45, 7) is 22.9. The summed E-state index contributed by atoms with van der Waals surface area (Å²) < 4.78 is 95.9. The van der Waals surface area contributed by atoms with Crippen LogP contribution in [0, 0.1) is 111 Å². The molecule has 570 valence electrons. The van der Waals surface area contributed by atoms with Crippen molar-refractivity contribution < 1.29 is 38.9 Å². The monoisotopic (exact) mass is 1660 g/mol. The van der Waals surface area contributed by atoms with Crippen molar-refractivity contribution in [1.29, 1.82) is 0 Å². The molecule has 5 saturated carbocycles. The van der Waals surface area contributed by atoms with Gasteiger partial charge in [0.2, 0.25) is 23.9 Å². The summed E-state index contributed by atoms with van der Waals surface area (Å²) in [5.41, 5.74) is 9.87. The zero-order valence-corrected chi connectivity index (χ0v) is 62.8. The smallest absolute Gasteiger partial charge is 0.280 e. The highest BCUT2D eigenvalue weighted by molar-refractivity contribution is 14.1. The molecule has 11 heterocycles. The average molecular weight is 1660 g/mol. The van der Waals surface area contributed by atoms with E-state index in [2.05, 4.69) is 108 Å². The number of alkyl halides is 1. The van der Waals surface area contributed by atoms with E-state index in [1.165, 1.54) is 53.6 Å². The Bertz CT molecular complexity index is 5430. The number of piperidine rings is 5. The number of aryl methyl sites for hydroxylation is 2. The molecule has 0 amide bonds. The Kier molecular flexibility index (Phi) is 21.8. The van der Waals surface area contributed by atoms with Gasteiger partial charge in [0.1, 0.15) is 56.4 Å². The maximum Gasteiger partial charge on any atom is 0.280 e. The van der Waals surface area contributed by atoms with Gasteiger partial charge in [0.25, 0.3) is 11.1 Å². The molecule has 15 atom stereocenters. The fraction of sp³-hybridized carbons (Fsp3) is 0.382. The van der Waals surface area contributed by atoms with Crippen LogP contribution in [0.15, 0.2) is 170 Å². The van der Waals surface area contributed by atoms with Crippen LogP contribution in [0.1, 0.15) is 38.0 Å². The lowest BCUT2D eigenvalue weighted by molar-refractivity contribution is 0.315. The molecule has 0 bridgehead atoms. The van der Waals surface area contributed by atoms with E-state index in [0.29, 0.717) is 93.5 Å². The lowest BCUT2D eigenvalue weighted by atomic mass is 10.2. The van der Waals surface area contributed by atoms with Gasteiger partial charge in [0.15, 0.2) is 34.0 Å². The largest absolute Gasteiger partial charge is 0.409 e. The first-order chi connectivity index (χ1) is 53.6. The van der Waals surface area contributed by atoms with Gasteiger partial charge in [-0.2, -0.15) is 9.97 Å². The summed E-state index contributed by atoms with van der Waals surface area (Å²) in [6, 6.07) is 33.8. The fourth-order valence-electron chi connectivity index (χ4n) is 16.3. The predicted octanol–water partition coefficient (Wildman–Crippen LogP) is 10.4. The van der Waals surface area contributed by atoms with Crippen LogP contribution in [0.5, 0.6) is 0 Å². The summed E-state index contributed by atoms with van der Waals surface area (Å²) in [7, 11) is 3.41. The first kappa shape index (κ1) is 73.6. The number of oxime groups is 1.